The molecule has 1 aliphatic rings. The van der Waals surface area contributed by atoms with E-state index in [2.05, 4.69) is 6.92 Å². The second-order valence-corrected chi connectivity index (χ2v) is 4.18. The Morgan fingerprint density at radius 1 is 1.62 bits per heavy atom. The highest BCUT2D eigenvalue weighted by atomic mass is 16.3. The van der Waals surface area contributed by atoms with E-state index in [1.807, 2.05) is 12.1 Å². The summed E-state index contributed by atoms with van der Waals surface area (Å²) in [6, 6.07) is 4.03. The minimum absolute atomic E-state index is 0.310. The van der Waals surface area contributed by atoms with Crippen molar-refractivity contribution in [1.29, 1.82) is 0 Å². The van der Waals surface area contributed by atoms with Gasteiger partial charge in [0.05, 0.1) is 6.10 Å². The number of rotatable bonds is 3. The molecule has 3 atom stereocenters. The topological polar surface area (TPSA) is 33.4 Å². The van der Waals surface area contributed by atoms with Crippen LogP contribution in [0.2, 0.25) is 0 Å². The molecule has 1 aromatic heterocycles. The van der Waals surface area contributed by atoms with E-state index in [0.29, 0.717) is 12.3 Å². The van der Waals surface area contributed by atoms with Crippen molar-refractivity contribution in [3.8, 4) is 0 Å². The van der Waals surface area contributed by atoms with Gasteiger partial charge in [-0.25, -0.2) is 0 Å². The molecule has 1 N–H and O–H groups in total. The summed E-state index contributed by atoms with van der Waals surface area (Å²) in [4.78, 5) is 0. The molecule has 0 aromatic carbocycles. The van der Waals surface area contributed by atoms with Gasteiger partial charge in [0, 0.05) is 12.3 Å². The average molecular weight is 180 g/mol. The molecule has 2 nitrogen and oxygen atoms in total. The number of furan rings is 1. The zero-order valence-corrected chi connectivity index (χ0v) is 8.16. The third-order valence-electron chi connectivity index (χ3n) is 2.65. The summed E-state index contributed by atoms with van der Waals surface area (Å²) in [5, 5.41) is 9.16. The van der Waals surface area contributed by atoms with E-state index in [1.54, 1.807) is 6.92 Å². The van der Waals surface area contributed by atoms with Crippen LogP contribution in [0.3, 0.4) is 0 Å². The first-order chi connectivity index (χ1) is 6.16. The molecule has 1 saturated carbocycles. The van der Waals surface area contributed by atoms with E-state index in [-0.39, 0.29) is 6.10 Å². The van der Waals surface area contributed by atoms with Gasteiger partial charge in [-0.3, -0.25) is 0 Å². The first-order valence-corrected chi connectivity index (χ1v) is 4.93. The fourth-order valence-corrected chi connectivity index (χ4v) is 1.71. The van der Waals surface area contributed by atoms with Crippen molar-refractivity contribution in [3.05, 3.63) is 23.7 Å². The predicted molar refractivity (Wildman–Crippen MR) is 50.6 cm³/mol. The predicted octanol–water partition coefficient (Wildman–Crippen LogP) is 2.33. The van der Waals surface area contributed by atoms with Crippen LogP contribution < -0.4 is 0 Å². The average Bonchev–Trinajstić information content (AvgIpc) is 2.60. The molecule has 0 spiro atoms. The van der Waals surface area contributed by atoms with Crippen LogP contribution in [0.1, 0.15) is 37.7 Å². The van der Waals surface area contributed by atoms with Gasteiger partial charge in [-0.2, -0.15) is 0 Å². The zero-order valence-electron chi connectivity index (χ0n) is 8.16. The maximum absolute atomic E-state index is 9.16. The minimum atomic E-state index is -0.310. The van der Waals surface area contributed by atoms with Gasteiger partial charge in [0.25, 0.3) is 0 Å². The van der Waals surface area contributed by atoms with Gasteiger partial charge >= 0.3 is 0 Å². The van der Waals surface area contributed by atoms with Gasteiger partial charge in [-0.1, -0.05) is 6.92 Å². The molecule has 2 heteroatoms. The number of aliphatic hydroxyl groups excluding tert-OH is 1. The molecular weight excluding hydrogens is 164 g/mol. The summed E-state index contributed by atoms with van der Waals surface area (Å²) in [5.74, 6) is 3.43. The van der Waals surface area contributed by atoms with E-state index in [1.165, 1.54) is 6.42 Å². The first kappa shape index (κ1) is 8.82. The van der Waals surface area contributed by atoms with Gasteiger partial charge in [0.1, 0.15) is 11.5 Å². The van der Waals surface area contributed by atoms with Crippen LogP contribution in [0.25, 0.3) is 0 Å². The third-order valence-corrected chi connectivity index (χ3v) is 2.65. The van der Waals surface area contributed by atoms with Crippen molar-refractivity contribution < 1.29 is 9.52 Å². The maximum Gasteiger partial charge on any atom is 0.107 e. The molecule has 0 saturated heterocycles. The lowest BCUT2D eigenvalue weighted by atomic mass is 10.2. The Morgan fingerprint density at radius 2 is 2.31 bits per heavy atom. The third kappa shape index (κ3) is 1.94. The Bertz CT molecular complexity index is 288. The molecule has 3 unspecified atom stereocenters. The highest BCUT2D eigenvalue weighted by Crippen LogP contribution is 2.47. The van der Waals surface area contributed by atoms with E-state index in [4.69, 9.17) is 9.52 Å². The molecule has 0 bridgehead atoms. The van der Waals surface area contributed by atoms with Crippen molar-refractivity contribution in [2.75, 3.05) is 0 Å². The van der Waals surface area contributed by atoms with Crippen LogP contribution in [0.15, 0.2) is 16.5 Å². The quantitative estimate of drug-likeness (QED) is 0.774. The lowest BCUT2D eigenvalue weighted by Gasteiger charge is -1.99. The Morgan fingerprint density at radius 3 is 2.85 bits per heavy atom. The molecule has 1 fully saturated rings. The summed E-state index contributed by atoms with van der Waals surface area (Å²) in [5.41, 5.74) is 0. The van der Waals surface area contributed by atoms with Crippen LogP contribution >= 0.6 is 0 Å². The van der Waals surface area contributed by atoms with Gasteiger partial charge in [-0.15, -0.1) is 0 Å². The second kappa shape index (κ2) is 3.18. The van der Waals surface area contributed by atoms with Gasteiger partial charge in [0.2, 0.25) is 0 Å². The lowest BCUT2D eigenvalue weighted by molar-refractivity contribution is 0.186. The fourth-order valence-electron chi connectivity index (χ4n) is 1.71. The summed E-state index contributed by atoms with van der Waals surface area (Å²) in [7, 11) is 0. The van der Waals surface area contributed by atoms with E-state index in [0.717, 1.165) is 17.4 Å². The minimum Gasteiger partial charge on any atom is -0.466 e. The summed E-state index contributed by atoms with van der Waals surface area (Å²) >= 11 is 0. The summed E-state index contributed by atoms with van der Waals surface area (Å²) in [6.45, 7) is 4.02. The van der Waals surface area contributed by atoms with Gasteiger partial charge < -0.3 is 9.52 Å². The zero-order chi connectivity index (χ0) is 9.42. The Labute approximate surface area is 78.6 Å². The molecule has 1 aromatic rings. The Kier molecular flexibility index (Phi) is 2.16. The smallest absolute Gasteiger partial charge is 0.107 e. The molecule has 0 radical (unpaired) electrons. The van der Waals surface area contributed by atoms with E-state index < -0.39 is 0 Å². The largest absolute Gasteiger partial charge is 0.466 e. The van der Waals surface area contributed by atoms with Gasteiger partial charge in [0.15, 0.2) is 0 Å². The Hall–Kier alpha value is -0.760. The highest BCUT2D eigenvalue weighted by molar-refractivity contribution is 5.17. The number of aliphatic hydroxyl groups is 1. The molecule has 0 aliphatic heterocycles. The fraction of sp³-hybridized carbons (Fsp3) is 0.636. The van der Waals surface area contributed by atoms with Crippen molar-refractivity contribution >= 4 is 0 Å². The van der Waals surface area contributed by atoms with Gasteiger partial charge in [-0.05, 0) is 31.4 Å². The van der Waals surface area contributed by atoms with E-state index in [9.17, 15) is 0 Å². The van der Waals surface area contributed by atoms with Crippen molar-refractivity contribution in [2.24, 2.45) is 5.92 Å². The van der Waals surface area contributed by atoms with Crippen molar-refractivity contribution in [1.82, 2.24) is 0 Å². The molecule has 1 heterocycles. The molecular formula is C11H16O2. The number of hydrogen-bond donors (Lipinski definition) is 1. The molecule has 1 aliphatic carbocycles. The number of hydrogen-bond acceptors (Lipinski definition) is 2. The lowest BCUT2D eigenvalue weighted by Crippen LogP contribution is -2.02. The SMILES string of the molecule is CC(O)Cc1ccc(C2CC2C)o1. The highest BCUT2D eigenvalue weighted by Gasteiger charge is 2.36. The van der Waals surface area contributed by atoms with Crippen LogP contribution in [0, 0.1) is 5.92 Å². The van der Waals surface area contributed by atoms with Crippen molar-refractivity contribution in [3.63, 3.8) is 0 Å². The normalized spacial score (nSPS) is 28.8. The van der Waals surface area contributed by atoms with Crippen LogP contribution in [0.5, 0.6) is 0 Å². The molecule has 13 heavy (non-hydrogen) atoms. The molecule has 72 valence electrons. The molecule has 0 amide bonds. The van der Waals surface area contributed by atoms with Crippen LogP contribution in [-0.4, -0.2) is 11.2 Å². The van der Waals surface area contributed by atoms with Crippen LogP contribution in [-0.2, 0) is 6.42 Å². The van der Waals surface area contributed by atoms with Crippen molar-refractivity contribution in [2.45, 2.75) is 38.7 Å². The summed E-state index contributed by atoms with van der Waals surface area (Å²) < 4.78 is 5.63. The Balaban J connectivity index is 2.01. The first-order valence-electron chi connectivity index (χ1n) is 4.93. The maximum atomic E-state index is 9.16. The summed E-state index contributed by atoms with van der Waals surface area (Å²) in [6.07, 6.45) is 1.57. The molecule has 2 rings (SSSR count). The second-order valence-electron chi connectivity index (χ2n) is 4.18. The van der Waals surface area contributed by atoms with Crippen LogP contribution in [0.4, 0.5) is 0 Å². The monoisotopic (exact) mass is 180 g/mol. The standard InChI is InChI=1S/C11H16O2/c1-7-5-10(7)11-4-3-9(13-11)6-8(2)12/h3-4,7-8,10,12H,5-6H2,1-2H3. The van der Waals surface area contributed by atoms with E-state index >= 15 is 0 Å².